The first-order valence-corrected chi connectivity index (χ1v) is 6.09. The fourth-order valence-electron chi connectivity index (χ4n) is 2.19. The van der Waals surface area contributed by atoms with Crippen LogP contribution in [-0.4, -0.2) is 11.0 Å². The van der Waals surface area contributed by atoms with E-state index in [0.717, 1.165) is 11.1 Å². The molecule has 17 heavy (non-hydrogen) atoms. The molecule has 0 saturated heterocycles. The first-order valence-electron chi connectivity index (χ1n) is 5.71. The fraction of sp³-hybridized carbons (Fsp3) is 0.462. The zero-order chi connectivity index (χ0) is 12.8. The first-order chi connectivity index (χ1) is 7.86. The van der Waals surface area contributed by atoms with Crippen molar-refractivity contribution < 1.29 is 9.90 Å². The molecule has 1 aromatic carbocycles. The molecule has 0 saturated carbocycles. The van der Waals surface area contributed by atoms with E-state index in [9.17, 15) is 9.90 Å². The monoisotopic (exact) mass is 253 g/mol. The third-order valence-electron chi connectivity index (χ3n) is 3.21. The summed E-state index contributed by atoms with van der Waals surface area (Å²) in [6, 6.07) is 3.54. The second-order valence-electron chi connectivity index (χ2n) is 4.93. The molecule has 1 aliphatic heterocycles. The molecule has 2 N–H and O–H groups in total. The second kappa shape index (κ2) is 4.00. The van der Waals surface area contributed by atoms with E-state index in [1.165, 1.54) is 0 Å². The number of aliphatic hydroxyl groups is 1. The summed E-state index contributed by atoms with van der Waals surface area (Å²) in [5, 5.41) is 13.1. The number of fused-ring (bicyclic) bond motifs is 1. The Labute approximate surface area is 106 Å². The molecule has 0 spiro atoms. The number of hydrogen-bond donors (Lipinski definition) is 2. The predicted molar refractivity (Wildman–Crippen MR) is 67.2 cm³/mol. The van der Waals surface area contributed by atoms with Gasteiger partial charge in [-0.15, -0.1) is 0 Å². The minimum Gasteiger partial charge on any atom is -0.388 e. The van der Waals surface area contributed by atoms with E-state index >= 15 is 0 Å². The van der Waals surface area contributed by atoms with Crippen LogP contribution in [0.3, 0.4) is 0 Å². The minimum absolute atomic E-state index is 0.146. The average Bonchev–Trinajstić information content (AvgIpc) is 2.48. The Hall–Kier alpha value is -1.06. The smallest absolute Gasteiger partial charge is 0.253 e. The Kier molecular flexibility index (Phi) is 2.92. The van der Waals surface area contributed by atoms with Crippen LogP contribution in [0.4, 0.5) is 0 Å². The van der Waals surface area contributed by atoms with E-state index in [1.54, 1.807) is 6.07 Å². The lowest BCUT2D eigenvalue weighted by Crippen LogP contribution is -2.32. The number of aliphatic hydroxyl groups excluding tert-OH is 1. The Morgan fingerprint density at radius 1 is 1.47 bits per heavy atom. The predicted octanol–water partition coefficient (Wildman–Crippen LogP) is 2.76. The minimum atomic E-state index is -0.538. The molecule has 2 rings (SSSR count). The molecule has 1 unspecified atom stereocenters. The molecule has 1 heterocycles. The van der Waals surface area contributed by atoms with Gasteiger partial charge in [-0.1, -0.05) is 18.5 Å². The van der Waals surface area contributed by atoms with Crippen molar-refractivity contribution >= 4 is 17.5 Å². The third-order valence-corrected chi connectivity index (χ3v) is 3.51. The summed E-state index contributed by atoms with van der Waals surface area (Å²) in [6.07, 6.45) is 0.0843. The van der Waals surface area contributed by atoms with Crippen molar-refractivity contribution in [3.63, 3.8) is 0 Å². The number of hydrogen-bond acceptors (Lipinski definition) is 2. The number of carbonyl (C=O) groups excluding carboxylic acids is 1. The SMILES string of the molecule is CCC(O)c1cc(Cl)c2c(c1)C(C)(C)NC2=O. The van der Waals surface area contributed by atoms with Crippen LogP contribution >= 0.6 is 11.6 Å². The van der Waals surface area contributed by atoms with Crippen LogP contribution in [0.15, 0.2) is 12.1 Å². The van der Waals surface area contributed by atoms with Gasteiger partial charge in [-0.2, -0.15) is 0 Å². The molecule has 1 aliphatic rings. The van der Waals surface area contributed by atoms with Crippen LogP contribution in [0.5, 0.6) is 0 Å². The molecule has 0 aromatic heterocycles. The molecule has 1 amide bonds. The van der Waals surface area contributed by atoms with Crippen molar-refractivity contribution in [2.75, 3.05) is 0 Å². The van der Waals surface area contributed by atoms with Gasteiger partial charge in [-0.25, -0.2) is 0 Å². The van der Waals surface area contributed by atoms with Crippen molar-refractivity contribution in [3.05, 3.63) is 33.8 Å². The van der Waals surface area contributed by atoms with E-state index < -0.39 is 11.6 Å². The summed E-state index contributed by atoms with van der Waals surface area (Å²) in [5.74, 6) is -0.146. The van der Waals surface area contributed by atoms with E-state index in [-0.39, 0.29) is 5.91 Å². The van der Waals surface area contributed by atoms with Crippen LogP contribution in [0.1, 0.15) is 54.8 Å². The number of benzene rings is 1. The van der Waals surface area contributed by atoms with Gasteiger partial charge in [0, 0.05) is 0 Å². The highest BCUT2D eigenvalue weighted by Crippen LogP contribution is 2.37. The first kappa shape index (κ1) is 12.4. The maximum Gasteiger partial charge on any atom is 0.253 e. The van der Waals surface area contributed by atoms with Crippen molar-refractivity contribution in [3.8, 4) is 0 Å². The van der Waals surface area contributed by atoms with Crippen LogP contribution in [0.2, 0.25) is 5.02 Å². The standard InChI is InChI=1S/C13H16ClNO2/c1-4-10(16)7-5-8-11(9(14)6-7)12(17)15-13(8,2)3/h5-6,10,16H,4H2,1-3H3,(H,15,17). The maximum atomic E-state index is 11.8. The summed E-state index contributed by atoms with van der Waals surface area (Å²) in [4.78, 5) is 11.8. The lowest BCUT2D eigenvalue weighted by Gasteiger charge is -2.20. The molecule has 4 heteroatoms. The molecular formula is C13H16ClNO2. The van der Waals surface area contributed by atoms with E-state index in [1.807, 2.05) is 26.8 Å². The normalized spacial score (nSPS) is 18.8. The topological polar surface area (TPSA) is 49.3 Å². The highest BCUT2D eigenvalue weighted by Gasteiger charge is 2.37. The molecular weight excluding hydrogens is 238 g/mol. The van der Waals surface area contributed by atoms with Gasteiger partial charge in [0.25, 0.3) is 5.91 Å². The molecule has 0 bridgehead atoms. The summed E-state index contributed by atoms with van der Waals surface area (Å²) >= 11 is 6.13. The van der Waals surface area contributed by atoms with Gasteiger partial charge >= 0.3 is 0 Å². The van der Waals surface area contributed by atoms with Gasteiger partial charge in [0.15, 0.2) is 0 Å². The van der Waals surface area contributed by atoms with E-state index in [2.05, 4.69) is 5.32 Å². The Morgan fingerprint density at radius 2 is 2.12 bits per heavy atom. The number of carbonyl (C=O) groups is 1. The highest BCUT2D eigenvalue weighted by atomic mass is 35.5. The van der Waals surface area contributed by atoms with Crippen molar-refractivity contribution in [1.82, 2.24) is 5.32 Å². The number of halogens is 1. The maximum absolute atomic E-state index is 11.8. The van der Waals surface area contributed by atoms with Gasteiger partial charge in [-0.3, -0.25) is 4.79 Å². The van der Waals surface area contributed by atoms with Gasteiger partial charge in [0.1, 0.15) is 0 Å². The van der Waals surface area contributed by atoms with Crippen LogP contribution in [-0.2, 0) is 5.54 Å². The van der Waals surface area contributed by atoms with Gasteiger partial charge in [-0.05, 0) is 43.5 Å². The zero-order valence-electron chi connectivity index (χ0n) is 10.2. The number of rotatable bonds is 2. The summed E-state index contributed by atoms with van der Waals surface area (Å²) in [6.45, 7) is 5.75. The summed E-state index contributed by atoms with van der Waals surface area (Å²) < 4.78 is 0. The van der Waals surface area contributed by atoms with Crippen molar-refractivity contribution in [2.45, 2.75) is 38.8 Å². The lowest BCUT2D eigenvalue weighted by atomic mass is 9.91. The summed E-state index contributed by atoms with van der Waals surface area (Å²) in [7, 11) is 0. The highest BCUT2D eigenvalue weighted by molar-refractivity contribution is 6.34. The molecule has 0 aliphatic carbocycles. The van der Waals surface area contributed by atoms with Crippen LogP contribution in [0, 0.1) is 0 Å². The van der Waals surface area contributed by atoms with Crippen LogP contribution < -0.4 is 5.32 Å². The molecule has 1 aromatic rings. The lowest BCUT2D eigenvalue weighted by molar-refractivity contribution is 0.0940. The summed E-state index contributed by atoms with van der Waals surface area (Å²) in [5.41, 5.74) is 1.72. The van der Waals surface area contributed by atoms with E-state index in [0.29, 0.717) is 17.0 Å². The average molecular weight is 254 g/mol. The molecule has 92 valence electrons. The quantitative estimate of drug-likeness (QED) is 0.852. The number of nitrogens with one attached hydrogen (secondary N) is 1. The largest absolute Gasteiger partial charge is 0.388 e. The van der Waals surface area contributed by atoms with Gasteiger partial charge in [0.05, 0.1) is 22.2 Å². The van der Waals surface area contributed by atoms with Gasteiger partial charge < -0.3 is 10.4 Å². The number of amides is 1. The Balaban J connectivity index is 2.61. The Bertz CT molecular complexity index is 483. The fourth-order valence-corrected chi connectivity index (χ4v) is 2.51. The zero-order valence-corrected chi connectivity index (χ0v) is 10.9. The molecule has 0 fully saturated rings. The van der Waals surface area contributed by atoms with Crippen molar-refractivity contribution in [2.24, 2.45) is 0 Å². The molecule has 0 radical (unpaired) electrons. The molecule has 3 nitrogen and oxygen atoms in total. The van der Waals surface area contributed by atoms with Crippen LogP contribution in [0.25, 0.3) is 0 Å². The van der Waals surface area contributed by atoms with Crippen molar-refractivity contribution in [1.29, 1.82) is 0 Å². The Morgan fingerprint density at radius 3 is 2.71 bits per heavy atom. The third kappa shape index (κ3) is 1.94. The van der Waals surface area contributed by atoms with E-state index in [4.69, 9.17) is 11.6 Å². The second-order valence-corrected chi connectivity index (χ2v) is 5.34. The molecule has 1 atom stereocenters. The van der Waals surface area contributed by atoms with Gasteiger partial charge in [0.2, 0.25) is 0 Å².